The van der Waals surface area contributed by atoms with E-state index in [0.29, 0.717) is 18.0 Å². The summed E-state index contributed by atoms with van der Waals surface area (Å²) in [7, 11) is 1.99. The van der Waals surface area contributed by atoms with Gasteiger partial charge in [-0.25, -0.2) is 9.42 Å². The molecule has 0 unspecified atom stereocenters. The minimum atomic E-state index is -0.438. The van der Waals surface area contributed by atoms with Crippen molar-refractivity contribution in [2.45, 2.75) is 6.92 Å². The summed E-state index contributed by atoms with van der Waals surface area (Å²) in [5.41, 5.74) is 4.64. The summed E-state index contributed by atoms with van der Waals surface area (Å²) >= 11 is 3.55. The Labute approximate surface area is 179 Å². The van der Waals surface area contributed by atoms with Gasteiger partial charge in [0.05, 0.1) is 12.1 Å². The summed E-state index contributed by atoms with van der Waals surface area (Å²) in [6.45, 7) is 2.07. The Morgan fingerprint density at radius 3 is 2.53 bits per heavy atom. The largest absolute Gasteiger partial charge is 0.449 e. The van der Waals surface area contributed by atoms with Gasteiger partial charge in [0.2, 0.25) is 0 Å². The van der Waals surface area contributed by atoms with Crippen LogP contribution in [0.1, 0.15) is 6.92 Å². The van der Waals surface area contributed by atoms with Crippen LogP contribution >= 0.6 is 15.9 Å². The number of nitrogens with zero attached hydrogens (tertiary/aromatic N) is 4. The highest BCUT2D eigenvalue weighted by molar-refractivity contribution is 9.10. The number of ether oxygens (including phenoxy) is 1. The lowest BCUT2D eigenvalue weighted by molar-refractivity contribution is 0.155. The van der Waals surface area contributed by atoms with Gasteiger partial charge in [-0.3, -0.25) is 4.57 Å². The maximum absolute atomic E-state index is 12.5. The number of hydrogen-bond donors (Lipinski definition) is 0. The van der Waals surface area contributed by atoms with E-state index in [1.807, 2.05) is 60.3 Å². The zero-order chi connectivity index (χ0) is 20.8. The lowest BCUT2D eigenvalue weighted by Crippen LogP contribution is -2.11. The fourth-order valence-electron chi connectivity index (χ4n) is 3.81. The number of benzene rings is 2. The Morgan fingerprint density at radius 1 is 1.03 bits per heavy atom. The molecular formula is C22H17BrN4O3. The molecule has 0 bridgehead atoms. The van der Waals surface area contributed by atoms with E-state index in [-0.39, 0.29) is 0 Å². The number of aryl methyl sites for hydroxylation is 1. The first-order chi connectivity index (χ1) is 14.6. The van der Waals surface area contributed by atoms with Gasteiger partial charge in [0.1, 0.15) is 11.4 Å². The molecule has 0 aliphatic heterocycles. The van der Waals surface area contributed by atoms with Gasteiger partial charge in [0.15, 0.2) is 0 Å². The van der Waals surface area contributed by atoms with Gasteiger partial charge in [0.25, 0.3) is 0 Å². The van der Waals surface area contributed by atoms with E-state index in [4.69, 9.17) is 9.37 Å². The molecule has 2 aromatic carbocycles. The molecule has 0 radical (unpaired) electrons. The fraction of sp³-hybridized carbons (Fsp3) is 0.136. The lowest BCUT2D eigenvalue weighted by Gasteiger charge is -2.03. The van der Waals surface area contributed by atoms with Crippen LogP contribution in [0.25, 0.3) is 44.3 Å². The van der Waals surface area contributed by atoms with Gasteiger partial charge in [0, 0.05) is 51.3 Å². The van der Waals surface area contributed by atoms with E-state index in [0.717, 1.165) is 37.4 Å². The number of para-hydroxylation sites is 1. The smallest absolute Gasteiger partial charge is 0.418 e. The predicted molar refractivity (Wildman–Crippen MR) is 117 cm³/mol. The molecule has 3 heterocycles. The van der Waals surface area contributed by atoms with Crippen LogP contribution in [-0.2, 0) is 11.8 Å². The molecule has 0 aliphatic rings. The molecule has 0 spiro atoms. The van der Waals surface area contributed by atoms with Crippen molar-refractivity contribution in [2.24, 2.45) is 7.05 Å². The van der Waals surface area contributed by atoms with Crippen molar-refractivity contribution in [2.75, 3.05) is 6.61 Å². The van der Waals surface area contributed by atoms with Gasteiger partial charge in [-0.15, -0.1) is 0 Å². The van der Waals surface area contributed by atoms with Crippen LogP contribution in [0.2, 0.25) is 0 Å². The van der Waals surface area contributed by atoms with Crippen LogP contribution in [0.3, 0.4) is 0 Å². The fourth-order valence-corrected chi connectivity index (χ4v) is 4.17. The van der Waals surface area contributed by atoms with Crippen LogP contribution in [0.5, 0.6) is 0 Å². The first kappa shape index (κ1) is 18.6. The van der Waals surface area contributed by atoms with Gasteiger partial charge in [-0.1, -0.05) is 34.1 Å². The topological polar surface area (TPSA) is 75.1 Å². The van der Waals surface area contributed by atoms with Crippen LogP contribution < -0.4 is 0 Å². The van der Waals surface area contributed by atoms with Crippen LogP contribution in [0, 0.1) is 0 Å². The molecule has 0 N–H and O–H groups in total. The highest BCUT2D eigenvalue weighted by Crippen LogP contribution is 2.39. The molecule has 5 rings (SSSR count). The van der Waals surface area contributed by atoms with Crippen molar-refractivity contribution in [1.29, 1.82) is 0 Å². The monoisotopic (exact) mass is 464 g/mol. The maximum atomic E-state index is 12.5. The molecule has 0 saturated carbocycles. The lowest BCUT2D eigenvalue weighted by atomic mass is 10.0. The van der Waals surface area contributed by atoms with Crippen molar-refractivity contribution >= 4 is 43.8 Å². The first-order valence-corrected chi connectivity index (χ1v) is 10.2. The van der Waals surface area contributed by atoms with Gasteiger partial charge < -0.3 is 9.30 Å². The van der Waals surface area contributed by atoms with Gasteiger partial charge >= 0.3 is 6.09 Å². The van der Waals surface area contributed by atoms with Crippen molar-refractivity contribution in [1.82, 2.24) is 19.4 Å². The van der Waals surface area contributed by atoms with Crippen LogP contribution in [-0.4, -0.2) is 32.1 Å². The highest BCUT2D eigenvalue weighted by Gasteiger charge is 2.23. The molecule has 0 saturated heterocycles. The maximum Gasteiger partial charge on any atom is 0.418 e. The molecule has 3 aromatic heterocycles. The molecule has 7 nitrogen and oxygen atoms in total. The Balaban J connectivity index is 1.75. The SMILES string of the molecule is CCOC(=O)n1cc(-c2nonc2-c2cn(C)c3ccc(Br)cc23)c2ccccc21. The minimum absolute atomic E-state index is 0.294. The zero-order valence-electron chi connectivity index (χ0n) is 16.3. The van der Waals surface area contributed by atoms with E-state index in [1.54, 1.807) is 13.1 Å². The second-order valence-electron chi connectivity index (χ2n) is 6.91. The second kappa shape index (κ2) is 7.14. The first-order valence-electron chi connectivity index (χ1n) is 9.43. The number of carbonyl (C=O) groups excluding carboxylic acids is 1. The summed E-state index contributed by atoms with van der Waals surface area (Å²) in [4.78, 5) is 12.5. The molecule has 0 aliphatic carbocycles. The van der Waals surface area contributed by atoms with Gasteiger partial charge in [-0.05, 0) is 41.5 Å². The summed E-state index contributed by atoms with van der Waals surface area (Å²) in [5.74, 6) is 0. The second-order valence-corrected chi connectivity index (χ2v) is 7.82. The summed E-state index contributed by atoms with van der Waals surface area (Å²) in [6.07, 6.45) is 3.30. The average Bonchev–Trinajstić information content (AvgIpc) is 3.43. The number of hydrogen-bond acceptors (Lipinski definition) is 5. The predicted octanol–water partition coefficient (Wildman–Crippen LogP) is 5.62. The molecule has 0 amide bonds. The van der Waals surface area contributed by atoms with Gasteiger partial charge in [-0.2, -0.15) is 0 Å². The Morgan fingerprint density at radius 2 is 1.77 bits per heavy atom. The Kier molecular flexibility index (Phi) is 4.43. The van der Waals surface area contributed by atoms with E-state index in [1.165, 1.54) is 4.57 Å². The van der Waals surface area contributed by atoms with Crippen molar-refractivity contribution in [3.05, 3.63) is 59.3 Å². The number of aromatic nitrogens is 4. The Hall–Kier alpha value is -3.39. The third-order valence-electron chi connectivity index (χ3n) is 5.13. The standard InChI is InChI=1S/C22H17BrN4O3/c1-3-29-22(28)27-12-17(14-6-4-5-7-19(14)27)21-20(24-30-25-21)16-11-26(2)18-9-8-13(23)10-15(16)18/h4-12H,3H2,1-2H3. The third kappa shape index (κ3) is 2.83. The summed E-state index contributed by atoms with van der Waals surface area (Å²) in [5, 5.41) is 10.3. The molecule has 5 aromatic rings. The molecule has 8 heteroatoms. The molecule has 0 fully saturated rings. The van der Waals surface area contributed by atoms with E-state index >= 15 is 0 Å². The highest BCUT2D eigenvalue weighted by atomic mass is 79.9. The van der Waals surface area contributed by atoms with E-state index in [2.05, 4.69) is 26.2 Å². The number of rotatable bonds is 3. The molecule has 150 valence electrons. The molecule has 30 heavy (non-hydrogen) atoms. The summed E-state index contributed by atoms with van der Waals surface area (Å²) < 4.78 is 14.9. The number of carbonyl (C=O) groups is 1. The number of fused-ring (bicyclic) bond motifs is 2. The van der Waals surface area contributed by atoms with Crippen LogP contribution in [0.4, 0.5) is 4.79 Å². The third-order valence-corrected chi connectivity index (χ3v) is 5.62. The quantitative estimate of drug-likeness (QED) is 0.346. The number of halogens is 1. The van der Waals surface area contributed by atoms with E-state index < -0.39 is 6.09 Å². The van der Waals surface area contributed by atoms with E-state index in [9.17, 15) is 4.79 Å². The minimum Gasteiger partial charge on any atom is -0.449 e. The van der Waals surface area contributed by atoms with Crippen LogP contribution in [0.15, 0.2) is 64.0 Å². The van der Waals surface area contributed by atoms with Crippen molar-refractivity contribution in [3.63, 3.8) is 0 Å². The van der Waals surface area contributed by atoms with Crippen molar-refractivity contribution < 1.29 is 14.2 Å². The summed E-state index contributed by atoms with van der Waals surface area (Å²) in [6, 6.07) is 13.7. The molecule has 0 atom stereocenters. The average molecular weight is 465 g/mol. The Bertz CT molecular complexity index is 1410. The molecular weight excluding hydrogens is 448 g/mol. The zero-order valence-corrected chi connectivity index (χ0v) is 17.9. The normalized spacial score (nSPS) is 11.4. The van der Waals surface area contributed by atoms with Crippen molar-refractivity contribution in [3.8, 4) is 22.5 Å².